The first-order valence-corrected chi connectivity index (χ1v) is 7.33. The minimum atomic E-state index is -0.224. The maximum absolute atomic E-state index is 9.83. The molecule has 2 heterocycles. The van der Waals surface area contributed by atoms with Gasteiger partial charge in [0.25, 0.3) is 0 Å². The molecule has 0 aliphatic carbocycles. The number of aliphatic hydroxyl groups excluding tert-OH is 1. The van der Waals surface area contributed by atoms with Gasteiger partial charge in [-0.25, -0.2) is 0 Å². The molecule has 3 unspecified atom stereocenters. The van der Waals surface area contributed by atoms with E-state index in [2.05, 4.69) is 34.0 Å². The van der Waals surface area contributed by atoms with E-state index in [9.17, 15) is 5.11 Å². The van der Waals surface area contributed by atoms with Crippen molar-refractivity contribution in [2.24, 2.45) is 5.92 Å². The first kappa shape index (κ1) is 12.9. The van der Waals surface area contributed by atoms with Crippen LogP contribution in [-0.4, -0.2) is 36.9 Å². The number of thiophene rings is 1. The van der Waals surface area contributed by atoms with Gasteiger partial charge >= 0.3 is 0 Å². The largest absolute Gasteiger partial charge is 0.393 e. The van der Waals surface area contributed by atoms with E-state index in [1.54, 1.807) is 11.3 Å². The average molecular weight is 254 g/mol. The fourth-order valence-electron chi connectivity index (χ4n) is 2.57. The molecule has 1 saturated heterocycles. The molecule has 3 nitrogen and oxygen atoms in total. The van der Waals surface area contributed by atoms with Gasteiger partial charge in [0.15, 0.2) is 0 Å². The Balaban J connectivity index is 2.06. The molecule has 1 aliphatic heterocycles. The molecular weight excluding hydrogens is 232 g/mol. The van der Waals surface area contributed by atoms with Crippen LogP contribution in [0.2, 0.25) is 0 Å². The molecule has 0 aromatic carbocycles. The molecule has 2 rings (SSSR count). The van der Waals surface area contributed by atoms with Gasteiger partial charge in [0.2, 0.25) is 0 Å². The van der Waals surface area contributed by atoms with Gasteiger partial charge in [-0.2, -0.15) is 11.3 Å². The second kappa shape index (κ2) is 5.85. The number of hydrogen-bond donors (Lipinski definition) is 2. The molecule has 17 heavy (non-hydrogen) atoms. The highest BCUT2D eigenvalue weighted by Crippen LogP contribution is 2.26. The number of anilines is 1. The summed E-state index contributed by atoms with van der Waals surface area (Å²) in [5.41, 5.74) is 1.29. The van der Waals surface area contributed by atoms with Crippen LogP contribution in [0.3, 0.4) is 0 Å². The fourth-order valence-corrected chi connectivity index (χ4v) is 3.24. The van der Waals surface area contributed by atoms with Crippen molar-refractivity contribution in [3.63, 3.8) is 0 Å². The number of likely N-dealkylation sites (N-methyl/N-ethyl adjacent to an activating group) is 1. The van der Waals surface area contributed by atoms with Crippen molar-refractivity contribution in [3.8, 4) is 0 Å². The Bertz CT molecular complexity index is 326. The predicted molar refractivity (Wildman–Crippen MR) is 73.8 cm³/mol. The van der Waals surface area contributed by atoms with Crippen molar-refractivity contribution in [3.05, 3.63) is 16.8 Å². The van der Waals surface area contributed by atoms with Gasteiger partial charge in [0.1, 0.15) is 0 Å². The molecule has 96 valence electrons. The van der Waals surface area contributed by atoms with Gasteiger partial charge in [-0.15, -0.1) is 0 Å². The van der Waals surface area contributed by atoms with Gasteiger partial charge < -0.3 is 15.3 Å². The second-order valence-corrected chi connectivity index (χ2v) is 5.66. The first-order chi connectivity index (χ1) is 8.20. The smallest absolute Gasteiger partial charge is 0.0557 e. The lowest BCUT2D eigenvalue weighted by molar-refractivity contribution is 0.106. The van der Waals surface area contributed by atoms with Crippen molar-refractivity contribution in [2.75, 3.05) is 24.5 Å². The van der Waals surface area contributed by atoms with Crippen LogP contribution in [0.25, 0.3) is 0 Å². The summed E-state index contributed by atoms with van der Waals surface area (Å²) in [5.74, 6) is 0.368. The van der Waals surface area contributed by atoms with E-state index < -0.39 is 0 Å². The molecule has 1 fully saturated rings. The van der Waals surface area contributed by atoms with E-state index in [-0.39, 0.29) is 6.10 Å². The van der Waals surface area contributed by atoms with Gasteiger partial charge in [0, 0.05) is 36.1 Å². The van der Waals surface area contributed by atoms with Crippen molar-refractivity contribution in [1.29, 1.82) is 0 Å². The number of nitrogens with zero attached hydrogens (tertiary/aromatic N) is 1. The molecule has 0 bridgehead atoms. The summed E-state index contributed by atoms with van der Waals surface area (Å²) < 4.78 is 0. The summed E-state index contributed by atoms with van der Waals surface area (Å²) in [7, 11) is 0. The Kier molecular flexibility index (Phi) is 4.42. The van der Waals surface area contributed by atoms with Crippen LogP contribution in [-0.2, 0) is 0 Å². The van der Waals surface area contributed by atoms with Gasteiger partial charge in [-0.1, -0.05) is 6.92 Å². The third kappa shape index (κ3) is 3.21. The van der Waals surface area contributed by atoms with Crippen molar-refractivity contribution < 1.29 is 5.11 Å². The molecule has 1 aromatic heterocycles. The fraction of sp³-hybridized carbons (Fsp3) is 0.692. The van der Waals surface area contributed by atoms with Crippen LogP contribution in [0.1, 0.15) is 20.3 Å². The summed E-state index contributed by atoms with van der Waals surface area (Å²) in [6.45, 7) is 7.06. The molecule has 2 N–H and O–H groups in total. The van der Waals surface area contributed by atoms with E-state index in [1.807, 2.05) is 6.92 Å². The van der Waals surface area contributed by atoms with E-state index in [4.69, 9.17) is 0 Å². The minimum Gasteiger partial charge on any atom is -0.393 e. The number of piperidine rings is 1. The zero-order valence-corrected chi connectivity index (χ0v) is 11.4. The SMILES string of the molecule is CCNC1CC(C(C)O)CN(c2ccsc2)C1. The van der Waals surface area contributed by atoms with Crippen LogP contribution >= 0.6 is 11.3 Å². The summed E-state index contributed by atoms with van der Waals surface area (Å²) in [5, 5.41) is 17.6. The van der Waals surface area contributed by atoms with Crippen LogP contribution in [0, 0.1) is 5.92 Å². The summed E-state index contributed by atoms with van der Waals surface area (Å²) in [6.07, 6.45) is 0.851. The molecule has 0 saturated carbocycles. The zero-order chi connectivity index (χ0) is 12.3. The highest BCUT2D eigenvalue weighted by atomic mass is 32.1. The summed E-state index contributed by atoms with van der Waals surface area (Å²) in [6, 6.07) is 2.66. The molecule has 3 atom stereocenters. The monoisotopic (exact) mass is 254 g/mol. The molecule has 1 aromatic rings. The Morgan fingerprint density at radius 2 is 2.41 bits per heavy atom. The molecule has 0 amide bonds. The Hall–Kier alpha value is -0.580. The molecule has 4 heteroatoms. The summed E-state index contributed by atoms with van der Waals surface area (Å²) in [4.78, 5) is 2.39. The zero-order valence-electron chi connectivity index (χ0n) is 10.6. The molecule has 0 spiro atoms. The lowest BCUT2D eigenvalue weighted by Crippen LogP contribution is -2.51. The van der Waals surface area contributed by atoms with Crippen LogP contribution < -0.4 is 10.2 Å². The lowest BCUT2D eigenvalue weighted by Gasteiger charge is -2.40. The van der Waals surface area contributed by atoms with E-state index >= 15 is 0 Å². The molecule has 0 radical (unpaired) electrons. The lowest BCUT2D eigenvalue weighted by atomic mass is 9.90. The minimum absolute atomic E-state index is 0.224. The Morgan fingerprint density at radius 1 is 1.59 bits per heavy atom. The van der Waals surface area contributed by atoms with Crippen LogP contribution in [0.15, 0.2) is 16.8 Å². The normalized spacial score (nSPS) is 27.1. The Morgan fingerprint density at radius 3 is 3.00 bits per heavy atom. The first-order valence-electron chi connectivity index (χ1n) is 6.39. The maximum atomic E-state index is 9.83. The quantitative estimate of drug-likeness (QED) is 0.862. The van der Waals surface area contributed by atoms with Crippen LogP contribution in [0.5, 0.6) is 0 Å². The highest BCUT2D eigenvalue weighted by molar-refractivity contribution is 7.08. The third-order valence-electron chi connectivity index (χ3n) is 3.53. The number of nitrogens with one attached hydrogen (secondary N) is 1. The summed E-state index contributed by atoms with van der Waals surface area (Å²) >= 11 is 1.73. The van der Waals surface area contributed by atoms with E-state index in [0.717, 1.165) is 26.1 Å². The highest BCUT2D eigenvalue weighted by Gasteiger charge is 2.29. The predicted octanol–water partition coefficient (Wildman–Crippen LogP) is 1.93. The molecule has 1 aliphatic rings. The van der Waals surface area contributed by atoms with Crippen molar-refractivity contribution >= 4 is 17.0 Å². The second-order valence-electron chi connectivity index (χ2n) is 4.88. The number of hydrogen-bond acceptors (Lipinski definition) is 4. The number of rotatable bonds is 4. The van der Waals surface area contributed by atoms with Gasteiger partial charge in [0.05, 0.1) is 6.10 Å². The van der Waals surface area contributed by atoms with Crippen LogP contribution in [0.4, 0.5) is 5.69 Å². The molecular formula is C13H22N2OS. The van der Waals surface area contributed by atoms with Crippen molar-refractivity contribution in [1.82, 2.24) is 5.32 Å². The van der Waals surface area contributed by atoms with Gasteiger partial charge in [-0.05, 0) is 31.3 Å². The van der Waals surface area contributed by atoms with Crippen molar-refractivity contribution in [2.45, 2.75) is 32.4 Å². The third-order valence-corrected chi connectivity index (χ3v) is 4.20. The number of aliphatic hydroxyl groups is 1. The van der Waals surface area contributed by atoms with E-state index in [1.165, 1.54) is 5.69 Å². The average Bonchev–Trinajstić information content (AvgIpc) is 2.82. The van der Waals surface area contributed by atoms with E-state index in [0.29, 0.717) is 12.0 Å². The topological polar surface area (TPSA) is 35.5 Å². The standard InChI is InChI=1S/C13H22N2OS/c1-3-14-12-6-11(10(2)16)7-15(8-12)13-4-5-17-9-13/h4-5,9-12,14,16H,3,6-8H2,1-2H3. The Labute approximate surface area is 107 Å². The maximum Gasteiger partial charge on any atom is 0.0557 e. The van der Waals surface area contributed by atoms with Gasteiger partial charge in [-0.3, -0.25) is 0 Å².